The van der Waals surface area contributed by atoms with Gasteiger partial charge < -0.3 is 15.7 Å². The second-order valence-corrected chi connectivity index (χ2v) is 4.26. The minimum Gasteiger partial charge on any atom is -0.391 e. The number of amides is 2. The van der Waals surface area contributed by atoms with Gasteiger partial charge in [0.2, 0.25) is 0 Å². The Morgan fingerprint density at radius 3 is 2.47 bits per heavy atom. The maximum atomic E-state index is 11.2. The quantitative estimate of drug-likeness (QED) is 0.604. The van der Waals surface area contributed by atoms with Gasteiger partial charge >= 0.3 is 6.03 Å². The van der Waals surface area contributed by atoms with Gasteiger partial charge in [-0.3, -0.25) is 0 Å². The Morgan fingerprint density at radius 1 is 1.27 bits per heavy atom. The molecular formula is C11H24N2O2. The lowest BCUT2D eigenvalue weighted by Crippen LogP contribution is -2.40. The lowest BCUT2D eigenvalue weighted by atomic mass is 10.1. The lowest BCUT2D eigenvalue weighted by Gasteiger charge is -2.12. The maximum Gasteiger partial charge on any atom is 0.314 e. The van der Waals surface area contributed by atoms with Crippen LogP contribution in [0.25, 0.3) is 0 Å². The highest BCUT2D eigenvalue weighted by atomic mass is 16.3. The molecule has 0 rings (SSSR count). The van der Waals surface area contributed by atoms with Crippen molar-refractivity contribution in [2.75, 3.05) is 13.1 Å². The molecule has 0 spiro atoms. The van der Waals surface area contributed by atoms with Gasteiger partial charge in [0.05, 0.1) is 6.10 Å². The van der Waals surface area contributed by atoms with Crippen LogP contribution in [0.1, 0.15) is 40.0 Å². The van der Waals surface area contributed by atoms with Crippen molar-refractivity contribution in [3.8, 4) is 0 Å². The van der Waals surface area contributed by atoms with E-state index >= 15 is 0 Å². The number of aliphatic hydroxyl groups is 1. The molecule has 0 aromatic heterocycles. The first-order valence-corrected chi connectivity index (χ1v) is 5.76. The Bertz CT molecular complexity index is 172. The van der Waals surface area contributed by atoms with Crippen LogP contribution >= 0.6 is 0 Å². The van der Waals surface area contributed by atoms with Crippen LogP contribution < -0.4 is 10.6 Å². The molecule has 0 saturated heterocycles. The standard InChI is InChI=1S/C11H24N2O2/c1-4-5-10(14)8-13-11(15)12-7-6-9(2)3/h9-10,14H,4-8H2,1-3H3,(H2,12,13,15). The molecule has 0 aromatic rings. The van der Waals surface area contributed by atoms with Crippen molar-refractivity contribution in [2.24, 2.45) is 5.92 Å². The van der Waals surface area contributed by atoms with E-state index in [1.807, 2.05) is 6.92 Å². The van der Waals surface area contributed by atoms with Gasteiger partial charge in [-0.15, -0.1) is 0 Å². The molecule has 0 aliphatic heterocycles. The van der Waals surface area contributed by atoms with Gasteiger partial charge in [0.25, 0.3) is 0 Å². The van der Waals surface area contributed by atoms with Crippen LogP contribution in [0.3, 0.4) is 0 Å². The van der Waals surface area contributed by atoms with E-state index in [1.54, 1.807) is 0 Å². The summed E-state index contributed by atoms with van der Waals surface area (Å²) in [6.45, 7) is 7.26. The number of carbonyl (C=O) groups excluding carboxylic acids is 1. The molecule has 0 fully saturated rings. The van der Waals surface area contributed by atoms with Gasteiger partial charge in [0.1, 0.15) is 0 Å². The molecule has 3 N–H and O–H groups in total. The fourth-order valence-corrected chi connectivity index (χ4v) is 1.18. The molecule has 90 valence electrons. The summed E-state index contributed by atoms with van der Waals surface area (Å²) in [5.74, 6) is 0.594. The average Bonchev–Trinajstić information content (AvgIpc) is 2.14. The summed E-state index contributed by atoms with van der Waals surface area (Å²) >= 11 is 0. The molecule has 15 heavy (non-hydrogen) atoms. The summed E-state index contributed by atoms with van der Waals surface area (Å²) in [4.78, 5) is 11.2. The minimum absolute atomic E-state index is 0.189. The van der Waals surface area contributed by atoms with Crippen LogP contribution in [-0.2, 0) is 0 Å². The first kappa shape index (κ1) is 14.2. The highest BCUT2D eigenvalue weighted by molar-refractivity contribution is 5.73. The summed E-state index contributed by atoms with van der Waals surface area (Å²) < 4.78 is 0. The molecule has 2 amide bonds. The van der Waals surface area contributed by atoms with E-state index in [0.717, 1.165) is 19.3 Å². The zero-order valence-corrected chi connectivity index (χ0v) is 10.0. The molecule has 1 unspecified atom stereocenters. The molecule has 0 saturated carbocycles. The Hall–Kier alpha value is -0.770. The highest BCUT2D eigenvalue weighted by Crippen LogP contribution is 1.96. The fourth-order valence-electron chi connectivity index (χ4n) is 1.18. The lowest BCUT2D eigenvalue weighted by molar-refractivity contribution is 0.160. The number of aliphatic hydroxyl groups excluding tert-OH is 1. The van der Waals surface area contributed by atoms with Crippen LogP contribution in [0.5, 0.6) is 0 Å². The highest BCUT2D eigenvalue weighted by Gasteiger charge is 2.05. The molecule has 4 heteroatoms. The fraction of sp³-hybridized carbons (Fsp3) is 0.909. The summed E-state index contributed by atoms with van der Waals surface area (Å²) in [5.41, 5.74) is 0. The Balaban J connectivity index is 3.40. The number of hydrogen-bond acceptors (Lipinski definition) is 2. The van der Waals surface area contributed by atoms with Crippen molar-refractivity contribution >= 4 is 6.03 Å². The molecule has 0 radical (unpaired) electrons. The zero-order chi connectivity index (χ0) is 11.7. The molecular weight excluding hydrogens is 192 g/mol. The normalized spacial score (nSPS) is 12.6. The molecule has 0 bridgehead atoms. The Labute approximate surface area is 92.4 Å². The largest absolute Gasteiger partial charge is 0.391 e. The number of carbonyl (C=O) groups is 1. The van der Waals surface area contributed by atoms with E-state index in [-0.39, 0.29) is 6.03 Å². The number of rotatable bonds is 7. The number of hydrogen-bond donors (Lipinski definition) is 3. The van der Waals surface area contributed by atoms with Crippen molar-refractivity contribution in [3.05, 3.63) is 0 Å². The second-order valence-electron chi connectivity index (χ2n) is 4.26. The Morgan fingerprint density at radius 2 is 1.93 bits per heavy atom. The zero-order valence-electron chi connectivity index (χ0n) is 10.0. The summed E-state index contributed by atoms with van der Waals surface area (Å²) in [6, 6.07) is -0.189. The SMILES string of the molecule is CCCC(O)CNC(=O)NCCC(C)C. The first-order valence-electron chi connectivity index (χ1n) is 5.76. The van der Waals surface area contributed by atoms with Gasteiger partial charge in [0.15, 0.2) is 0 Å². The number of urea groups is 1. The van der Waals surface area contributed by atoms with E-state index in [1.165, 1.54) is 0 Å². The van der Waals surface area contributed by atoms with E-state index in [0.29, 0.717) is 19.0 Å². The van der Waals surface area contributed by atoms with Crippen LogP contribution in [0.4, 0.5) is 4.79 Å². The third-order valence-corrected chi connectivity index (χ3v) is 2.13. The number of nitrogens with one attached hydrogen (secondary N) is 2. The summed E-state index contributed by atoms with van der Waals surface area (Å²) in [5, 5.41) is 14.8. The van der Waals surface area contributed by atoms with E-state index in [4.69, 9.17) is 0 Å². The van der Waals surface area contributed by atoms with E-state index in [2.05, 4.69) is 24.5 Å². The predicted octanol–water partition coefficient (Wildman–Crippen LogP) is 1.49. The summed E-state index contributed by atoms with van der Waals surface area (Å²) in [6.07, 6.45) is 2.21. The monoisotopic (exact) mass is 216 g/mol. The molecule has 0 aromatic carbocycles. The smallest absolute Gasteiger partial charge is 0.314 e. The molecule has 1 atom stereocenters. The Kier molecular flexibility index (Phi) is 8.09. The van der Waals surface area contributed by atoms with Gasteiger partial charge in [-0.05, 0) is 18.8 Å². The van der Waals surface area contributed by atoms with Crippen LogP contribution in [-0.4, -0.2) is 30.3 Å². The maximum absolute atomic E-state index is 11.2. The molecule has 0 aliphatic carbocycles. The van der Waals surface area contributed by atoms with Crippen LogP contribution in [0.15, 0.2) is 0 Å². The second kappa shape index (κ2) is 8.53. The van der Waals surface area contributed by atoms with Gasteiger partial charge in [-0.2, -0.15) is 0 Å². The van der Waals surface area contributed by atoms with E-state index in [9.17, 15) is 9.90 Å². The van der Waals surface area contributed by atoms with Gasteiger partial charge in [0, 0.05) is 13.1 Å². The third kappa shape index (κ3) is 9.53. The van der Waals surface area contributed by atoms with Gasteiger partial charge in [-0.25, -0.2) is 4.79 Å². The third-order valence-electron chi connectivity index (χ3n) is 2.13. The summed E-state index contributed by atoms with van der Waals surface area (Å²) in [7, 11) is 0. The topological polar surface area (TPSA) is 61.4 Å². The average molecular weight is 216 g/mol. The predicted molar refractivity (Wildman–Crippen MR) is 61.8 cm³/mol. The van der Waals surface area contributed by atoms with Crippen molar-refractivity contribution < 1.29 is 9.90 Å². The molecule has 4 nitrogen and oxygen atoms in total. The molecule has 0 aliphatic rings. The van der Waals surface area contributed by atoms with E-state index < -0.39 is 6.10 Å². The van der Waals surface area contributed by atoms with Crippen LogP contribution in [0, 0.1) is 5.92 Å². The van der Waals surface area contributed by atoms with Crippen molar-refractivity contribution in [2.45, 2.75) is 46.1 Å². The molecule has 0 heterocycles. The first-order chi connectivity index (χ1) is 7.06. The van der Waals surface area contributed by atoms with Crippen LogP contribution in [0.2, 0.25) is 0 Å². The van der Waals surface area contributed by atoms with Crippen molar-refractivity contribution in [1.82, 2.24) is 10.6 Å². The van der Waals surface area contributed by atoms with Gasteiger partial charge in [-0.1, -0.05) is 27.2 Å². The van der Waals surface area contributed by atoms with Crippen molar-refractivity contribution in [1.29, 1.82) is 0 Å². The minimum atomic E-state index is -0.425. The van der Waals surface area contributed by atoms with Crippen molar-refractivity contribution in [3.63, 3.8) is 0 Å².